The number of thiol groups is 1. The van der Waals surface area contributed by atoms with Crippen molar-refractivity contribution in [2.24, 2.45) is 0 Å². The highest BCUT2D eigenvalue weighted by Gasteiger charge is 2.11. The molecule has 0 aliphatic heterocycles. The van der Waals surface area contributed by atoms with Gasteiger partial charge in [-0.15, -0.1) is 12.6 Å². The molecule has 0 fully saturated rings. The van der Waals surface area contributed by atoms with Gasteiger partial charge in [0.05, 0.1) is 0 Å². The molecule has 1 aromatic heterocycles. The van der Waals surface area contributed by atoms with Crippen LogP contribution in [0.3, 0.4) is 0 Å². The first-order valence-electron chi connectivity index (χ1n) is 4.94. The Bertz CT molecular complexity index is 529. The van der Waals surface area contributed by atoms with Crippen LogP contribution in [0, 0.1) is 13.8 Å². The number of hydrogen-bond donors (Lipinski definition) is 1. The second kappa shape index (κ2) is 4.14. The molecular formula is C12H12N2OS. The average molecular weight is 232 g/mol. The van der Waals surface area contributed by atoms with E-state index in [-0.39, 0.29) is 0 Å². The van der Waals surface area contributed by atoms with Crippen LogP contribution in [-0.2, 0) is 0 Å². The van der Waals surface area contributed by atoms with Gasteiger partial charge >= 0.3 is 0 Å². The molecule has 2 rings (SSSR count). The first-order chi connectivity index (χ1) is 7.63. The van der Waals surface area contributed by atoms with E-state index in [0.29, 0.717) is 10.7 Å². The van der Waals surface area contributed by atoms with E-state index in [0.717, 1.165) is 17.8 Å². The van der Waals surface area contributed by atoms with Gasteiger partial charge in [-0.05, 0) is 26.0 Å². The van der Waals surface area contributed by atoms with E-state index in [1.54, 1.807) is 0 Å². The van der Waals surface area contributed by atoms with E-state index in [1.807, 2.05) is 42.7 Å². The number of hydrogen-bond acceptors (Lipinski definition) is 3. The van der Waals surface area contributed by atoms with Crippen LogP contribution >= 0.6 is 12.6 Å². The van der Waals surface area contributed by atoms with E-state index >= 15 is 0 Å². The average Bonchev–Trinajstić information content (AvgIpc) is 2.56. The number of benzene rings is 1. The second-order valence-electron chi connectivity index (χ2n) is 3.66. The summed E-state index contributed by atoms with van der Waals surface area (Å²) in [5.74, 6) is 0.760. The molecule has 3 nitrogen and oxygen atoms in total. The Hall–Kier alpha value is -1.55. The molecule has 1 aromatic carbocycles. The zero-order valence-electron chi connectivity index (χ0n) is 9.14. The number of nitrogens with zero attached hydrogens (tertiary/aromatic N) is 2. The molecule has 0 atom stereocenters. The zero-order chi connectivity index (χ0) is 11.7. The van der Waals surface area contributed by atoms with E-state index in [4.69, 9.17) is 0 Å². The molecule has 2 aromatic rings. The molecule has 0 aliphatic rings. The number of imidazole rings is 1. The number of aromatic nitrogens is 2. The largest absolute Gasteiger partial charge is 0.296 e. The number of aldehydes is 1. The van der Waals surface area contributed by atoms with Crippen LogP contribution in [0.5, 0.6) is 0 Å². The summed E-state index contributed by atoms with van der Waals surface area (Å²) in [4.78, 5) is 14.9. The van der Waals surface area contributed by atoms with E-state index in [9.17, 15) is 4.79 Å². The molecule has 0 radical (unpaired) electrons. The molecule has 0 N–H and O–H groups in total. The summed E-state index contributed by atoms with van der Waals surface area (Å²) in [6, 6.07) is 8.00. The molecule has 4 heteroatoms. The summed E-state index contributed by atoms with van der Waals surface area (Å²) in [5, 5.41) is 0.580. The summed E-state index contributed by atoms with van der Waals surface area (Å²) >= 11 is 4.32. The van der Waals surface area contributed by atoms with Gasteiger partial charge in [0.25, 0.3) is 0 Å². The SMILES string of the molecule is Cc1ccc(-n2c(C)nc(C=O)c2S)cc1. The fraction of sp³-hybridized carbons (Fsp3) is 0.167. The normalized spacial score (nSPS) is 10.4. The minimum atomic E-state index is 0.376. The molecule has 0 saturated heterocycles. The maximum absolute atomic E-state index is 10.8. The van der Waals surface area contributed by atoms with Crippen LogP contribution in [0.1, 0.15) is 21.9 Å². The Balaban J connectivity index is 2.59. The number of rotatable bonds is 2. The van der Waals surface area contributed by atoms with Crippen molar-refractivity contribution in [1.29, 1.82) is 0 Å². The summed E-state index contributed by atoms with van der Waals surface area (Å²) < 4.78 is 1.85. The van der Waals surface area contributed by atoms with Crippen molar-refractivity contribution >= 4 is 18.9 Å². The molecule has 0 aliphatic carbocycles. The third kappa shape index (κ3) is 1.76. The third-order valence-electron chi connectivity index (χ3n) is 2.45. The van der Waals surface area contributed by atoms with Crippen molar-refractivity contribution in [2.45, 2.75) is 18.9 Å². The zero-order valence-corrected chi connectivity index (χ0v) is 10.0. The first kappa shape index (κ1) is 11.0. The van der Waals surface area contributed by atoms with Gasteiger partial charge in [-0.1, -0.05) is 17.7 Å². The molecular weight excluding hydrogens is 220 g/mol. The summed E-state index contributed by atoms with van der Waals surface area (Å²) in [5.41, 5.74) is 2.54. The topological polar surface area (TPSA) is 34.9 Å². The molecule has 0 unspecified atom stereocenters. The lowest BCUT2D eigenvalue weighted by Crippen LogP contribution is -1.97. The van der Waals surface area contributed by atoms with Crippen molar-refractivity contribution < 1.29 is 4.79 Å². The van der Waals surface area contributed by atoms with Crippen LogP contribution in [0.4, 0.5) is 0 Å². The maximum Gasteiger partial charge on any atom is 0.171 e. The van der Waals surface area contributed by atoms with Gasteiger partial charge in [-0.25, -0.2) is 4.98 Å². The molecule has 16 heavy (non-hydrogen) atoms. The lowest BCUT2D eigenvalue weighted by molar-refractivity contribution is 0.111. The Morgan fingerprint density at radius 2 is 1.88 bits per heavy atom. The van der Waals surface area contributed by atoms with Gasteiger partial charge in [0, 0.05) is 5.69 Å². The highest BCUT2D eigenvalue weighted by Crippen LogP contribution is 2.20. The summed E-state index contributed by atoms with van der Waals surface area (Å²) in [6.07, 6.45) is 0.722. The van der Waals surface area contributed by atoms with Crippen LogP contribution in [-0.4, -0.2) is 15.8 Å². The Morgan fingerprint density at radius 3 is 2.38 bits per heavy atom. The first-order valence-corrected chi connectivity index (χ1v) is 5.38. The minimum Gasteiger partial charge on any atom is -0.296 e. The van der Waals surface area contributed by atoms with Crippen molar-refractivity contribution in [3.05, 3.63) is 41.3 Å². The van der Waals surface area contributed by atoms with Gasteiger partial charge in [-0.2, -0.15) is 0 Å². The van der Waals surface area contributed by atoms with Crippen LogP contribution in [0.15, 0.2) is 29.3 Å². The molecule has 0 amide bonds. The van der Waals surface area contributed by atoms with Gasteiger partial charge < -0.3 is 0 Å². The third-order valence-corrected chi connectivity index (χ3v) is 2.88. The number of carbonyl (C=O) groups excluding carboxylic acids is 1. The Labute approximate surface area is 99.5 Å². The lowest BCUT2D eigenvalue weighted by atomic mass is 10.2. The van der Waals surface area contributed by atoms with Crippen LogP contribution in [0.2, 0.25) is 0 Å². The fourth-order valence-electron chi connectivity index (χ4n) is 1.62. The molecule has 82 valence electrons. The summed E-state index contributed by atoms with van der Waals surface area (Å²) in [6.45, 7) is 3.88. The molecule has 0 bridgehead atoms. The number of carbonyl (C=O) groups is 1. The monoisotopic (exact) mass is 232 g/mol. The van der Waals surface area contributed by atoms with Crippen molar-refractivity contribution in [3.8, 4) is 5.69 Å². The summed E-state index contributed by atoms with van der Waals surface area (Å²) in [7, 11) is 0. The van der Waals surface area contributed by atoms with E-state index in [2.05, 4.69) is 17.6 Å². The van der Waals surface area contributed by atoms with Crippen molar-refractivity contribution in [1.82, 2.24) is 9.55 Å². The van der Waals surface area contributed by atoms with Crippen LogP contribution < -0.4 is 0 Å². The predicted molar refractivity (Wildman–Crippen MR) is 65.7 cm³/mol. The van der Waals surface area contributed by atoms with Gasteiger partial charge in [0.15, 0.2) is 6.29 Å². The standard InChI is InChI=1S/C12H12N2OS/c1-8-3-5-10(6-4-8)14-9(2)13-11(7-15)12(14)16/h3-7,16H,1-2H3. The number of aryl methyl sites for hydroxylation is 2. The highest BCUT2D eigenvalue weighted by molar-refractivity contribution is 7.80. The lowest BCUT2D eigenvalue weighted by Gasteiger charge is -2.07. The van der Waals surface area contributed by atoms with E-state index in [1.165, 1.54) is 5.56 Å². The van der Waals surface area contributed by atoms with Gasteiger partial charge in [0.2, 0.25) is 0 Å². The molecule has 1 heterocycles. The smallest absolute Gasteiger partial charge is 0.171 e. The Kier molecular flexibility index (Phi) is 2.83. The fourth-order valence-corrected chi connectivity index (χ4v) is 1.99. The Morgan fingerprint density at radius 1 is 1.25 bits per heavy atom. The molecule has 0 spiro atoms. The van der Waals surface area contributed by atoms with Crippen LogP contribution in [0.25, 0.3) is 5.69 Å². The molecule has 0 saturated carbocycles. The van der Waals surface area contributed by atoms with Gasteiger partial charge in [0.1, 0.15) is 16.5 Å². The van der Waals surface area contributed by atoms with Crippen molar-refractivity contribution in [3.63, 3.8) is 0 Å². The highest BCUT2D eigenvalue weighted by atomic mass is 32.1. The predicted octanol–water partition coefficient (Wildman–Crippen LogP) is 2.59. The van der Waals surface area contributed by atoms with E-state index < -0.39 is 0 Å². The minimum absolute atomic E-state index is 0.376. The quantitative estimate of drug-likeness (QED) is 0.638. The van der Waals surface area contributed by atoms with Crippen molar-refractivity contribution in [2.75, 3.05) is 0 Å². The second-order valence-corrected chi connectivity index (χ2v) is 4.08. The van der Waals surface area contributed by atoms with Gasteiger partial charge in [-0.3, -0.25) is 9.36 Å². The maximum atomic E-state index is 10.8.